The minimum Gasteiger partial charge on any atom is -0.481 e. The summed E-state index contributed by atoms with van der Waals surface area (Å²) in [5.41, 5.74) is 1.44. The Morgan fingerprint density at radius 1 is 0.936 bits per heavy atom. The Bertz CT molecular complexity index is 1390. The first-order valence-corrected chi connectivity index (χ1v) is 19.4. The zero-order chi connectivity index (χ0) is 33.8. The van der Waals surface area contributed by atoms with Crippen LogP contribution in [0.25, 0.3) is 0 Å². The lowest BCUT2D eigenvalue weighted by atomic mass is 9.40. The molecule has 0 aromatic carbocycles. The van der Waals surface area contributed by atoms with Gasteiger partial charge in [0, 0.05) is 12.3 Å². The van der Waals surface area contributed by atoms with Gasteiger partial charge in [-0.25, -0.2) is 0 Å². The number of Topliss-reactive ketones (excluding diaryl/α,β-unsaturated/α-hetero) is 1. The minimum absolute atomic E-state index is 0.0617. The van der Waals surface area contributed by atoms with Crippen molar-refractivity contribution in [1.82, 2.24) is 0 Å². The first-order valence-electron chi connectivity index (χ1n) is 19.4. The van der Waals surface area contributed by atoms with E-state index in [0.29, 0.717) is 41.3 Å². The molecule has 6 saturated carbocycles. The number of carboxylic acids is 1. The zero-order valence-electron chi connectivity index (χ0n) is 30.3. The Kier molecular flexibility index (Phi) is 7.89. The Balaban J connectivity index is 1.17. The maximum Gasteiger partial charge on any atom is 0.309 e. The van der Waals surface area contributed by atoms with Gasteiger partial charge in [-0.3, -0.25) is 14.4 Å². The van der Waals surface area contributed by atoms with Gasteiger partial charge in [0.25, 0.3) is 0 Å². The molecule has 260 valence electrons. The fourth-order valence-electron chi connectivity index (χ4n) is 14.9. The van der Waals surface area contributed by atoms with Crippen molar-refractivity contribution in [1.29, 1.82) is 0 Å². The van der Waals surface area contributed by atoms with E-state index in [1.807, 2.05) is 6.92 Å². The Labute approximate surface area is 284 Å². The number of rotatable bonds is 5. The molecule has 0 amide bonds. The van der Waals surface area contributed by atoms with E-state index in [9.17, 15) is 14.7 Å². The summed E-state index contributed by atoms with van der Waals surface area (Å²) < 4.78 is 6.22. The van der Waals surface area contributed by atoms with Crippen LogP contribution in [0.1, 0.15) is 151 Å². The first kappa shape index (κ1) is 33.6. The standard InChI is InChI=1S/C42H62O5/c1-26-12-16-31-37(3,4)18-9-19-38(31,5)30(26)15-13-28-11-8-22-41(24-28)29-14-17-32-39(6)20-10-21-40(7,36(45)46)33(39)23-34(47-27(2)43)42(32,25-29)35(41)44/h11,29-34H,1,8-10,12-25H2,2-7H3,(H,45,46). The number of carbonyl (C=O) groups is 3. The van der Waals surface area contributed by atoms with E-state index in [0.717, 1.165) is 76.5 Å². The summed E-state index contributed by atoms with van der Waals surface area (Å²) in [4.78, 5) is 41.0. The van der Waals surface area contributed by atoms with E-state index in [2.05, 4.69) is 40.3 Å². The molecule has 0 aromatic heterocycles. The number of carbonyl (C=O) groups excluding carboxylic acids is 2. The van der Waals surface area contributed by atoms with Gasteiger partial charge in [0.1, 0.15) is 11.9 Å². The minimum atomic E-state index is -0.865. The molecule has 0 aromatic rings. The SMILES string of the molecule is C=C1CCC2C(C)(C)CCCC2(C)C1CCC1=CCCC2(C1)C(=O)C13CC2CCC1C1(C)CCCC(C)(C(=O)O)C1CC3OC(C)=O. The number of hydrogen-bond acceptors (Lipinski definition) is 4. The van der Waals surface area contributed by atoms with Crippen LogP contribution in [-0.2, 0) is 19.1 Å². The predicted molar refractivity (Wildman–Crippen MR) is 184 cm³/mol. The van der Waals surface area contributed by atoms with Crippen LogP contribution in [0.4, 0.5) is 0 Å². The average molecular weight is 647 g/mol. The van der Waals surface area contributed by atoms with E-state index in [-0.39, 0.29) is 28.6 Å². The second-order valence-corrected chi connectivity index (χ2v) is 19.3. The molecular formula is C42H62O5. The van der Waals surface area contributed by atoms with Gasteiger partial charge in [0.15, 0.2) is 0 Å². The third-order valence-electron chi connectivity index (χ3n) is 16.9. The topological polar surface area (TPSA) is 80.7 Å². The summed E-state index contributed by atoms with van der Waals surface area (Å²) in [5.74, 6) is 0.843. The van der Waals surface area contributed by atoms with Crippen LogP contribution in [0.15, 0.2) is 23.8 Å². The van der Waals surface area contributed by atoms with Crippen LogP contribution in [0.5, 0.6) is 0 Å². The highest BCUT2D eigenvalue weighted by molar-refractivity contribution is 5.95. The quantitative estimate of drug-likeness (QED) is 0.238. The molecule has 0 saturated heterocycles. The molecule has 11 atom stereocenters. The Morgan fingerprint density at radius 2 is 1.66 bits per heavy atom. The van der Waals surface area contributed by atoms with Gasteiger partial charge in [-0.1, -0.05) is 64.3 Å². The van der Waals surface area contributed by atoms with Crippen LogP contribution in [0.2, 0.25) is 0 Å². The van der Waals surface area contributed by atoms with Gasteiger partial charge < -0.3 is 9.84 Å². The number of aliphatic carboxylic acids is 1. The van der Waals surface area contributed by atoms with Crippen molar-refractivity contribution < 1.29 is 24.2 Å². The van der Waals surface area contributed by atoms with Gasteiger partial charge >= 0.3 is 11.9 Å². The molecule has 7 rings (SSSR count). The van der Waals surface area contributed by atoms with Crippen LogP contribution in [0.3, 0.4) is 0 Å². The van der Waals surface area contributed by atoms with Crippen molar-refractivity contribution in [3.63, 3.8) is 0 Å². The summed E-state index contributed by atoms with van der Waals surface area (Å²) in [6.07, 6.45) is 19.0. The maximum atomic E-state index is 15.5. The third kappa shape index (κ3) is 4.62. The lowest BCUT2D eigenvalue weighted by Gasteiger charge is -2.64. The Morgan fingerprint density at radius 3 is 2.38 bits per heavy atom. The van der Waals surface area contributed by atoms with Gasteiger partial charge in [-0.05, 0) is 149 Å². The van der Waals surface area contributed by atoms with Crippen molar-refractivity contribution in [2.45, 2.75) is 157 Å². The summed E-state index contributed by atoms with van der Waals surface area (Å²) in [6, 6.07) is 0. The molecule has 11 unspecified atom stereocenters. The highest BCUT2D eigenvalue weighted by Gasteiger charge is 2.76. The van der Waals surface area contributed by atoms with Gasteiger partial charge in [-0.2, -0.15) is 0 Å². The van der Waals surface area contributed by atoms with E-state index in [1.165, 1.54) is 43.8 Å². The van der Waals surface area contributed by atoms with E-state index in [1.54, 1.807) is 0 Å². The number of ether oxygens (including phenoxy) is 1. The lowest BCUT2D eigenvalue weighted by molar-refractivity contribution is -0.216. The van der Waals surface area contributed by atoms with Crippen molar-refractivity contribution in [2.75, 3.05) is 0 Å². The summed E-state index contributed by atoms with van der Waals surface area (Å²) in [7, 11) is 0. The highest BCUT2D eigenvalue weighted by Crippen LogP contribution is 2.75. The number of allylic oxidation sites excluding steroid dienone is 3. The van der Waals surface area contributed by atoms with Crippen molar-refractivity contribution in [3.05, 3.63) is 23.8 Å². The second kappa shape index (κ2) is 11.0. The van der Waals surface area contributed by atoms with Gasteiger partial charge in [0.2, 0.25) is 0 Å². The van der Waals surface area contributed by atoms with Crippen molar-refractivity contribution >= 4 is 17.7 Å². The largest absolute Gasteiger partial charge is 0.481 e. The molecule has 1 N–H and O–H groups in total. The summed E-state index contributed by atoms with van der Waals surface area (Å²) >= 11 is 0. The molecule has 0 radical (unpaired) electrons. The molecule has 2 spiro atoms. The van der Waals surface area contributed by atoms with Crippen LogP contribution in [-0.4, -0.2) is 28.9 Å². The molecule has 6 fully saturated rings. The average Bonchev–Trinajstić information content (AvgIpc) is 3.15. The molecule has 7 aliphatic carbocycles. The van der Waals surface area contributed by atoms with Crippen LogP contribution >= 0.6 is 0 Å². The molecule has 47 heavy (non-hydrogen) atoms. The summed E-state index contributed by atoms with van der Waals surface area (Å²) in [5, 5.41) is 10.5. The fraction of sp³-hybridized carbons (Fsp3) is 0.833. The molecule has 2 bridgehead atoms. The summed E-state index contributed by atoms with van der Waals surface area (Å²) in [6.45, 7) is 17.9. The van der Waals surface area contributed by atoms with Crippen molar-refractivity contribution in [3.8, 4) is 0 Å². The molecular weight excluding hydrogens is 584 g/mol. The molecule has 7 aliphatic rings. The van der Waals surface area contributed by atoms with Crippen LogP contribution < -0.4 is 0 Å². The number of fused-ring (bicyclic) bond motifs is 5. The highest BCUT2D eigenvalue weighted by atomic mass is 16.5. The smallest absolute Gasteiger partial charge is 0.309 e. The molecule has 5 nitrogen and oxygen atoms in total. The first-order chi connectivity index (χ1) is 22.0. The Hall–Kier alpha value is -1.91. The number of carboxylic acid groups (broad SMARTS) is 1. The van der Waals surface area contributed by atoms with Gasteiger partial charge in [0.05, 0.1) is 10.8 Å². The predicted octanol–water partition coefficient (Wildman–Crippen LogP) is 9.88. The van der Waals surface area contributed by atoms with Crippen molar-refractivity contribution in [2.24, 2.45) is 62.1 Å². The van der Waals surface area contributed by atoms with Crippen LogP contribution in [0, 0.1) is 62.1 Å². The second-order valence-electron chi connectivity index (χ2n) is 19.3. The number of ketones is 1. The zero-order valence-corrected chi connectivity index (χ0v) is 30.3. The number of hydrogen-bond donors (Lipinski definition) is 1. The molecule has 0 heterocycles. The molecule has 0 aliphatic heterocycles. The van der Waals surface area contributed by atoms with E-state index in [4.69, 9.17) is 4.74 Å². The van der Waals surface area contributed by atoms with E-state index >= 15 is 4.79 Å². The molecule has 5 heteroatoms. The lowest BCUT2D eigenvalue weighted by Crippen LogP contribution is -2.65. The van der Waals surface area contributed by atoms with E-state index < -0.39 is 22.9 Å². The number of esters is 1. The van der Waals surface area contributed by atoms with Gasteiger partial charge in [-0.15, -0.1) is 0 Å². The fourth-order valence-corrected chi connectivity index (χ4v) is 14.9. The monoisotopic (exact) mass is 646 g/mol. The third-order valence-corrected chi connectivity index (χ3v) is 16.9. The maximum absolute atomic E-state index is 15.5. The normalized spacial score (nSPS) is 48.6.